The molecule has 0 radical (unpaired) electrons. The first kappa shape index (κ1) is 17.5. The summed E-state index contributed by atoms with van der Waals surface area (Å²) in [6.07, 6.45) is 2.31. The van der Waals surface area contributed by atoms with E-state index in [1.807, 2.05) is 41.1 Å². The summed E-state index contributed by atoms with van der Waals surface area (Å²) in [4.78, 5) is 12.8. The van der Waals surface area contributed by atoms with Crippen LogP contribution in [0.4, 0.5) is 4.39 Å². The average Bonchev–Trinajstić information content (AvgIpc) is 2.97. The molecule has 1 atom stereocenters. The van der Waals surface area contributed by atoms with E-state index in [9.17, 15) is 9.18 Å². The molecule has 4 nitrogen and oxygen atoms in total. The van der Waals surface area contributed by atoms with Gasteiger partial charge in [-0.1, -0.05) is 30.3 Å². The summed E-state index contributed by atoms with van der Waals surface area (Å²) < 4.78 is 20.9. The van der Waals surface area contributed by atoms with Crippen LogP contribution in [0.1, 0.15) is 34.5 Å². The Morgan fingerprint density at radius 1 is 1.15 bits per heavy atom. The molecule has 1 aromatic heterocycles. The number of hydrogen-bond donors (Lipinski definition) is 0. The van der Waals surface area contributed by atoms with Crippen LogP contribution in [0.5, 0.6) is 5.88 Å². The van der Waals surface area contributed by atoms with Crippen LogP contribution < -0.4 is 4.74 Å². The van der Waals surface area contributed by atoms with Crippen molar-refractivity contribution >= 4 is 5.78 Å². The normalized spacial score (nSPS) is 16.4. The zero-order valence-corrected chi connectivity index (χ0v) is 15.0. The molecule has 0 saturated carbocycles. The summed E-state index contributed by atoms with van der Waals surface area (Å²) >= 11 is 0. The molecule has 1 aliphatic rings. The molecule has 138 valence electrons. The van der Waals surface area contributed by atoms with Crippen LogP contribution in [-0.4, -0.2) is 15.6 Å². The molecule has 0 aliphatic carbocycles. The van der Waals surface area contributed by atoms with Crippen molar-refractivity contribution in [2.75, 3.05) is 0 Å². The van der Waals surface area contributed by atoms with E-state index in [0.29, 0.717) is 24.5 Å². The Hall–Kier alpha value is -2.95. The van der Waals surface area contributed by atoms with Crippen LogP contribution in [-0.2, 0) is 19.6 Å². The lowest BCUT2D eigenvalue weighted by Crippen LogP contribution is -2.17. The van der Waals surface area contributed by atoms with E-state index in [4.69, 9.17) is 4.74 Å². The Balaban J connectivity index is 1.46. The summed E-state index contributed by atoms with van der Waals surface area (Å²) in [5.74, 6) is 0.209. The number of ketones is 1. The summed E-state index contributed by atoms with van der Waals surface area (Å²) in [7, 11) is 0. The molecule has 27 heavy (non-hydrogen) atoms. The SMILES string of the molecule is O=C(c1ccc(F)cc1)C1CCCn2nc(OCc3ccccc3)cc2C1. The fraction of sp³-hybridized carbons (Fsp3) is 0.273. The smallest absolute Gasteiger partial charge is 0.233 e. The maximum Gasteiger partial charge on any atom is 0.233 e. The summed E-state index contributed by atoms with van der Waals surface area (Å²) in [5.41, 5.74) is 2.66. The monoisotopic (exact) mass is 364 g/mol. The standard InChI is InChI=1S/C22H21FN2O2/c23-19-10-8-17(9-11-19)22(26)18-7-4-12-25-20(13-18)14-21(24-25)27-15-16-5-2-1-3-6-16/h1-3,5-6,8-11,14,18H,4,7,12-13,15H2. The van der Waals surface area contributed by atoms with Gasteiger partial charge in [-0.3, -0.25) is 9.48 Å². The molecule has 0 fully saturated rings. The third-order valence-corrected chi connectivity index (χ3v) is 4.95. The first-order valence-corrected chi connectivity index (χ1v) is 9.22. The van der Waals surface area contributed by atoms with Crippen molar-refractivity contribution < 1.29 is 13.9 Å². The van der Waals surface area contributed by atoms with Gasteiger partial charge in [0.05, 0.1) is 0 Å². The second kappa shape index (κ2) is 7.74. The Labute approximate surface area is 157 Å². The third-order valence-electron chi connectivity index (χ3n) is 4.95. The van der Waals surface area contributed by atoms with Crippen molar-refractivity contribution in [3.8, 4) is 5.88 Å². The zero-order chi connectivity index (χ0) is 18.6. The van der Waals surface area contributed by atoms with Crippen LogP contribution in [0.2, 0.25) is 0 Å². The molecule has 2 heterocycles. The van der Waals surface area contributed by atoms with Crippen molar-refractivity contribution in [2.24, 2.45) is 5.92 Å². The largest absolute Gasteiger partial charge is 0.472 e. The molecular weight excluding hydrogens is 343 g/mol. The van der Waals surface area contributed by atoms with Crippen molar-refractivity contribution in [3.05, 3.63) is 83.3 Å². The van der Waals surface area contributed by atoms with Crippen LogP contribution in [0.25, 0.3) is 0 Å². The lowest BCUT2D eigenvalue weighted by atomic mass is 9.90. The van der Waals surface area contributed by atoms with Gasteiger partial charge in [0.2, 0.25) is 5.88 Å². The van der Waals surface area contributed by atoms with Crippen molar-refractivity contribution in [1.82, 2.24) is 9.78 Å². The fourth-order valence-corrected chi connectivity index (χ4v) is 3.50. The Morgan fingerprint density at radius 3 is 2.70 bits per heavy atom. The minimum absolute atomic E-state index is 0.0661. The Bertz CT molecular complexity index is 919. The van der Waals surface area contributed by atoms with Gasteiger partial charge >= 0.3 is 0 Å². The van der Waals surface area contributed by atoms with E-state index in [1.54, 1.807) is 12.1 Å². The highest BCUT2D eigenvalue weighted by Gasteiger charge is 2.25. The molecular formula is C22H21FN2O2. The summed E-state index contributed by atoms with van der Waals surface area (Å²) in [5, 5.41) is 4.54. The van der Waals surface area contributed by atoms with E-state index >= 15 is 0 Å². The van der Waals surface area contributed by atoms with Gasteiger partial charge in [-0.2, -0.15) is 0 Å². The van der Waals surface area contributed by atoms with Gasteiger partial charge in [0, 0.05) is 29.8 Å². The van der Waals surface area contributed by atoms with Gasteiger partial charge < -0.3 is 4.74 Å². The van der Waals surface area contributed by atoms with E-state index in [0.717, 1.165) is 30.6 Å². The van der Waals surface area contributed by atoms with Crippen molar-refractivity contribution in [3.63, 3.8) is 0 Å². The first-order chi connectivity index (χ1) is 13.2. The highest BCUT2D eigenvalue weighted by Crippen LogP contribution is 2.26. The van der Waals surface area contributed by atoms with Crippen LogP contribution in [0, 0.1) is 11.7 Å². The Kier molecular flexibility index (Phi) is 5.01. The predicted molar refractivity (Wildman–Crippen MR) is 100 cm³/mol. The molecule has 1 aliphatic heterocycles. The average molecular weight is 364 g/mol. The second-order valence-corrected chi connectivity index (χ2v) is 6.89. The van der Waals surface area contributed by atoms with E-state index in [2.05, 4.69) is 5.10 Å². The maximum absolute atomic E-state index is 13.1. The van der Waals surface area contributed by atoms with E-state index in [-0.39, 0.29) is 17.5 Å². The number of carbonyl (C=O) groups excluding carboxylic acids is 1. The van der Waals surface area contributed by atoms with Gasteiger partial charge in [-0.15, -0.1) is 5.10 Å². The molecule has 0 saturated heterocycles. The first-order valence-electron chi connectivity index (χ1n) is 9.22. The number of aryl methyl sites for hydroxylation is 1. The van der Waals surface area contributed by atoms with Gasteiger partial charge in [-0.05, 0) is 49.1 Å². The number of nitrogens with zero attached hydrogens (tertiary/aromatic N) is 2. The second-order valence-electron chi connectivity index (χ2n) is 6.89. The topological polar surface area (TPSA) is 44.1 Å². The summed E-state index contributed by atoms with van der Waals surface area (Å²) in [6, 6.07) is 17.7. The zero-order valence-electron chi connectivity index (χ0n) is 15.0. The van der Waals surface area contributed by atoms with Gasteiger partial charge in [0.15, 0.2) is 5.78 Å². The molecule has 3 aromatic rings. The highest BCUT2D eigenvalue weighted by atomic mass is 19.1. The molecule has 4 rings (SSSR count). The molecule has 0 bridgehead atoms. The number of ether oxygens (including phenoxy) is 1. The van der Waals surface area contributed by atoms with Crippen molar-refractivity contribution in [2.45, 2.75) is 32.4 Å². The molecule has 0 spiro atoms. The number of benzene rings is 2. The van der Waals surface area contributed by atoms with Crippen LogP contribution in [0.15, 0.2) is 60.7 Å². The number of aromatic nitrogens is 2. The van der Waals surface area contributed by atoms with Crippen LogP contribution >= 0.6 is 0 Å². The number of hydrogen-bond acceptors (Lipinski definition) is 3. The van der Waals surface area contributed by atoms with Gasteiger partial charge in [-0.25, -0.2) is 4.39 Å². The highest BCUT2D eigenvalue weighted by molar-refractivity contribution is 5.97. The van der Waals surface area contributed by atoms with E-state index < -0.39 is 0 Å². The number of Topliss-reactive ketones (excluding diaryl/α,β-unsaturated/α-hetero) is 1. The van der Waals surface area contributed by atoms with Crippen LogP contribution in [0.3, 0.4) is 0 Å². The summed E-state index contributed by atoms with van der Waals surface area (Å²) in [6.45, 7) is 1.24. The van der Waals surface area contributed by atoms with Gasteiger partial charge in [0.25, 0.3) is 0 Å². The molecule has 1 unspecified atom stereocenters. The lowest BCUT2D eigenvalue weighted by molar-refractivity contribution is 0.0912. The van der Waals surface area contributed by atoms with Crippen molar-refractivity contribution in [1.29, 1.82) is 0 Å². The predicted octanol–water partition coefficient (Wildman–Crippen LogP) is 4.44. The molecule has 2 aromatic carbocycles. The Morgan fingerprint density at radius 2 is 1.93 bits per heavy atom. The molecule has 0 N–H and O–H groups in total. The number of rotatable bonds is 5. The molecule has 0 amide bonds. The number of fused-ring (bicyclic) bond motifs is 1. The fourth-order valence-electron chi connectivity index (χ4n) is 3.50. The maximum atomic E-state index is 13.1. The minimum atomic E-state index is -0.328. The van der Waals surface area contributed by atoms with E-state index in [1.165, 1.54) is 12.1 Å². The molecule has 5 heteroatoms. The number of halogens is 1. The third kappa shape index (κ3) is 4.08. The number of carbonyl (C=O) groups is 1. The van der Waals surface area contributed by atoms with Gasteiger partial charge in [0.1, 0.15) is 12.4 Å². The lowest BCUT2D eigenvalue weighted by Gasteiger charge is -2.12. The quantitative estimate of drug-likeness (QED) is 0.629. The minimum Gasteiger partial charge on any atom is -0.472 e.